The molecule has 2 spiro atoms. The van der Waals surface area contributed by atoms with Crippen LogP contribution in [0.25, 0.3) is 21.8 Å². The predicted molar refractivity (Wildman–Crippen MR) is 293 cm³/mol. The standard InChI is InChI=1S/C26H27ClFN5O3.C20H16BrClFN3O2.C7H13NO.ClH/c1-35-23-13-21-18(25(30-16-29-21)31-17-4-5-20(28)19(27)11-17)12-22(23)32-24(34)3-2-8-33-9-6-26(7-10-33)14-36-15-26;1-28-19-10-18-15(8-12(19)7-14(27)3-2-6-21)20(25-11-24-18)26-13-4-5-17(23)16(22)9-13;1-3-8-4-2-7(1)5-9-6-7;/h2-5,11-13,16H,6-10,14-15H2,1H3,(H,32,34)(H,29,30,31);2-5,8-11H,6-7H2,1H3,(H,24,25,26);8H,1-6H2;1H/b2*3-2+;;. The van der Waals surface area contributed by atoms with Crippen molar-refractivity contribution in [2.75, 3.05) is 94.7 Å². The zero-order valence-electron chi connectivity index (χ0n) is 40.8. The van der Waals surface area contributed by atoms with Gasteiger partial charge in [-0.3, -0.25) is 14.5 Å². The van der Waals surface area contributed by atoms with Crippen LogP contribution in [0.1, 0.15) is 31.2 Å². The molecule has 6 aromatic rings. The molecule has 0 saturated carbocycles. The third-order valence-corrected chi connectivity index (χ3v) is 14.2. The number of anilines is 5. The van der Waals surface area contributed by atoms with Crippen LogP contribution in [-0.2, 0) is 25.5 Å². The SMILES string of the molecule is C1CC2(CCN1)COC2.COc1cc2ncnc(Nc3ccc(F)c(Cl)c3)c2cc1CC(=O)/C=C/CBr.COc1cc2ncnc(Nc3ccc(F)c(Cl)c3)c2cc1NC(=O)/C=C/CN1CCC2(CC1)COC2.Cl. The fourth-order valence-electron chi connectivity index (χ4n) is 8.86. The Morgan fingerprint density at radius 2 is 1.28 bits per heavy atom. The molecule has 1 amide bonds. The quantitative estimate of drug-likeness (QED) is 0.0599. The highest BCUT2D eigenvalue weighted by Gasteiger charge is 2.41. The number of carbonyl (C=O) groups is 2. The molecule has 4 aliphatic rings. The summed E-state index contributed by atoms with van der Waals surface area (Å²) in [6, 6.07) is 15.7. The molecule has 21 heteroatoms. The lowest BCUT2D eigenvalue weighted by Crippen LogP contribution is -2.50. The van der Waals surface area contributed by atoms with E-state index in [1.807, 2.05) is 12.1 Å². The summed E-state index contributed by atoms with van der Waals surface area (Å²) < 4.78 is 48.4. The molecule has 4 aliphatic heterocycles. The van der Waals surface area contributed by atoms with Crippen LogP contribution in [0.2, 0.25) is 10.0 Å². The molecular weight excluding hydrogens is 1080 g/mol. The third kappa shape index (κ3) is 14.4. The van der Waals surface area contributed by atoms with Crippen molar-refractivity contribution in [2.24, 2.45) is 10.8 Å². The van der Waals surface area contributed by atoms with Gasteiger partial charge in [0, 0.05) is 75.0 Å². The van der Waals surface area contributed by atoms with E-state index in [2.05, 4.69) is 62.0 Å². The first-order valence-corrected chi connectivity index (χ1v) is 25.7. The largest absolute Gasteiger partial charge is 0.496 e. The summed E-state index contributed by atoms with van der Waals surface area (Å²) in [6.45, 7) is 8.96. The number of aromatic nitrogens is 4. The lowest BCUT2D eigenvalue weighted by molar-refractivity contribution is -0.138. The number of nitrogens with one attached hydrogen (secondary N) is 4. The molecule has 4 N–H and O–H groups in total. The van der Waals surface area contributed by atoms with Crippen LogP contribution in [0, 0.1) is 22.5 Å². The number of ketones is 1. The number of amides is 1. The van der Waals surface area contributed by atoms with Crippen molar-refractivity contribution in [3.05, 3.63) is 125 Å². The normalized spacial score (nSPS) is 16.5. The Bertz CT molecular complexity index is 2990. The lowest BCUT2D eigenvalue weighted by atomic mass is 9.77. The summed E-state index contributed by atoms with van der Waals surface area (Å²) in [7, 11) is 3.08. The molecule has 10 rings (SSSR count). The van der Waals surface area contributed by atoms with E-state index in [1.165, 1.54) is 76.0 Å². The van der Waals surface area contributed by atoms with Gasteiger partial charge in [-0.05, 0) is 106 Å². The van der Waals surface area contributed by atoms with Gasteiger partial charge >= 0.3 is 0 Å². The van der Waals surface area contributed by atoms with Gasteiger partial charge in [0.25, 0.3) is 0 Å². The number of benzene rings is 4. The van der Waals surface area contributed by atoms with E-state index in [0.717, 1.165) is 58.9 Å². The Morgan fingerprint density at radius 1 is 0.743 bits per heavy atom. The molecule has 4 aromatic carbocycles. The van der Waals surface area contributed by atoms with E-state index in [1.54, 1.807) is 49.6 Å². The van der Waals surface area contributed by atoms with Gasteiger partial charge in [0.2, 0.25) is 5.91 Å². The van der Waals surface area contributed by atoms with Crippen LogP contribution in [0.3, 0.4) is 0 Å². The minimum atomic E-state index is -0.505. The van der Waals surface area contributed by atoms with E-state index in [9.17, 15) is 18.4 Å². The number of ether oxygens (including phenoxy) is 4. The number of fused-ring (bicyclic) bond motifs is 2. The molecule has 0 aliphatic carbocycles. The van der Waals surface area contributed by atoms with Crippen LogP contribution >= 0.6 is 51.5 Å². The summed E-state index contributed by atoms with van der Waals surface area (Å²) in [5, 5.41) is 14.5. The van der Waals surface area contributed by atoms with Crippen molar-refractivity contribution in [3.63, 3.8) is 0 Å². The van der Waals surface area contributed by atoms with Gasteiger partial charge in [-0.15, -0.1) is 12.4 Å². The van der Waals surface area contributed by atoms with Crippen LogP contribution < -0.4 is 30.7 Å². The molecular formula is C53H57BrCl3F2N9O6. The molecule has 0 atom stereocenters. The summed E-state index contributed by atoms with van der Waals surface area (Å²) >= 11 is 15.0. The number of alkyl halides is 1. The Hall–Kier alpha value is -5.57. The minimum Gasteiger partial charge on any atom is -0.496 e. The number of rotatable bonds is 14. The molecule has 0 bridgehead atoms. The second-order valence-corrected chi connectivity index (χ2v) is 19.8. The number of likely N-dealkylation sites (tertiary alicyclic amines) is 1. The molecule has 74 heavy (non-hydrogen) atoms. The van der Waals surface area contributed by atoms with Gasteiger partial charge in [0.1, 0.15) is 47.4 Å². The van der Waals surface area contributed by atoms with E-state index in [-0.39, 0.29) is 40.6 Å². The van der Waals surface area contributed by atoms with Gasteiger partial charge in [-0.1, -0.05) is 51.3 Å². The maximum Gasteiger partial charge on any atom is 0.248 e. The van der Waals surface area contributed by atoms with Crippen LogP contribution in [-0.4, -0.2) is 115 Å². The van der Waals surface area contributed by atoms with Crippen molar-refractivity contribution in [1.29, 1.82) is 0 Å². The predicted octanol–water partition coefficient (Wildman–Crippen LogP) is 10.8. The van der Waals surface area contributed by atoms with Gasteiger partial charge in [-0.25, -0.2) is 28.7 Å². The number of piperidine rings is 2. The first-order chi connectivity index (χ1) is 35.4. The first-order valence-electron chi connectivity index (χ1n) is 23.8. The molecule has 4 saturated heterocycles. The van der Waals surface area contributed by atoms with E-state index in [0.29, 0.717) is 83.7 Å². The Labute approximate surface area is 452 Å². The molecule has 15 nitrogen and oxygen atoms in total. The highest BCUT2D eigenvalue weighted by Crippen LogP contribution is 2.39. The molecule has 2 aromatic heterocycles. The van der Waals surface area contributed by atoms with Gasteiger partial charge in [-0.2, -0.15) is 0 Å². The smallest absolute Gasteiger partial charge is 0.248 e. The zero-order valence-corrected chi connectivity index (χ0v) is 44.7. The molecule has 6 heterocycles. The van der Waals surface area contributed by atoms with Gasteiger partial charge in [0.15, 0.2) is 5.78 Å². The van der Waals surface area contributed by atoms with Crippen molar-refractivity contribution < 1.29 is 37.3 Å². The Kier molecular flexibility index (Phi) is 19.9. The Morgan fingerprint density at radius 3 is 1.78 bits per heavy atom. The number of nitrogens with zero attached hydrogens (tertiary/aromatic N) is 5. The van der Waals surface area contributed by atoms with Crippen LogP contribution in [0.15, 0.2) is 97.6 Å². The monoisotopic (exact) mass is 1140 g/mol. The second kappa shape index (κ2) is 26.3. The molecule has 4 fully saturated rings. The fraction of sp³-hybridized carbons (Fsp3) is 0.358. The van der Waals surface area contributed by atoms with E-state index < -0.39 is 11.6 Å². The summed E-state index contributed by atoms with van der Waals surface area (Å²) in [5.41, 5.74) is 4.63. The van der Waals surface area contributed by atoms with Gasteiger partial charge in [0.05, 0.1) is 67.4 Å². The van der Waals surface area contributed by atoms with Crippen molar-refractivity contribution in [3.8, 4) is 11.5 Å². The van der Waals surface area contributed by atoms with E-state index in [4.69, 9.17) is 42.1 Å². The first kappa shape index (κ1) is 56.2. The van der Waals surface area contributed by atoms with E-state index >= 15 is 0 Å². The average Bonchev–Trinajstić information content (AvgIpc) is 3.38. The second-order valence-electron chi connectivity index (χ2n) is 18.3. The highest BCUT2D eigenvalue weighted by molar-refractivity contribution is 9.09. The third-order valence-electron chi connectivity index (χ3n) is 13.2. The lowest BCUT2D eigenvalue weighted by Gasteiger charge is -2.47. The Balaban J connectivity index is 0.000000186. The number of hydrogen-bond donors (Lipinski definition) is 4. The number of methoxy groups -OCH3 is 2. The zero-order chi connectivity index (χ0) is 51.4. The maximum absolute atomic E-state index is 13.5. The van der Waals surface area contributed by atoms with Crippen molar-refractivity contribution in [1.82, 2.24) is 30.2 Å². The topological polar surface area (TPSA) is 174 Å². The van der Waals surface area contributed by atoms with Crippen molar-refractivity contribution >= 4 is 114 Å². The van der Waals surface area contributed by atoms with Crippen LogP contribution in [0.4, 0.5) is 37.5 Å². The summed E-state index contributed by atoms with van der Waals surface area (Å²) in [4.78, 5) is 44.4. The highest BCUT2D eigenvalue weighted by atomic mass is 79.9. The molecule has 392 valence electrons. The number of halogens is 6. The summed E-state index contributed by atoms with van der Waals surface area (Å²) in [6.07, 6.45) is 14.6. The molecule has 0 unspecified atom stereocenters. The fourth-order valence-corrected chi connectivity index (χ4v) is 9.41. The van der Waals surface area contributed by atoms with Crippen LogP contribution in [0.5, 0.6) is 11.5 Å². The molecule has 0 radical (unpaired) electrons. The number of allylic oxidation sites excluding steroid dienone is 2. The number of hydrogen-bond acceptors (Lipinski definition) is 14. The average molecular weight is 1140 g/mol. The minimum absolute atomic E-state index is 0. The maximum atomic E-state index is 13.5. The van der Waals surface area contributed by atoms with Gasteiger partial charge < -0.3 is 40.2 Å². The van der Waals surface area contributed by atoms with Crippen molar-refractivity contribution in [2.45, 2.75) is 32.1 Å². The number of carbonyl (C=O) groups excluding carboxylic acids is 2. The summed E-state index contributed by atoms with van der Waals surface area (Å²) in [5.74, 6) is 0.733.